The zero-order chi connectivity index (χ0) is 12.8. The lowest BCUT2D eigenvalue weighted by Crippen LogP contribution is -2.33. The van der Waals surface area contributed by atoms with Crippen LogP contribution in [-0.2, 0) is 0 Å². The summed E-state index contributed by atoms with van der Waals surface area (Å²) in [6.07, 6.45) is 0. The van der Waals surface area contributed by atoms with Crippen molar-refractivity contribution in [1.29, 1.82) is 0 Å². The maximum atomic E-state index is 5.89. The van der Waals surface area contributed by atoms with Crippen molar-refractivity contribution in [3.05, 3.63) is 28.8 Å². The molecule has 0 aliphatic rings. The second-order valence-electron chi connectivity index (χ2n) is 4.75. The van der Waals surface area contributed by atoms with Gasteiger partial charge in [0.25, 0.3) is 0 Å². The molecule has 0 fully saturated rings. The zero-order valence-electron chi connectivity index (χ0n) is 11.1. The minimum atomic E-state index is 0.518. The molecule has 1 rings (SSSR count). The van der Waals surface area contributed by atoms with E-state index in [-0.39, 0.29) is 0 Å². The first-order valence-corrected chi connectivity index (χ1v) is 6.51. The molecule has 0 radical (unpaired) electrons. The van der Waals surface area contributed by atoms with E-state index in [0.29, 0.717) is 18.6 Å². The monoisotopic (exact) mass is 255 g/mol. The third-order valence-electron chi connectivity index (χ3n) is 2.96. The highest BCUT2D eigenvalue weighted by Gasteiger charge is 2.05. The van der Waals surface area contributed by atoms with Gasteiger partial charge < -0.3 is 10.1 Å². The van der Waals surface area contributed by atoms with Crippen LogP contribution in [0.5, 0.6) is 5.75 Å². The average molecular weight is 256 g/mol. The quantitative estimate of drug-likeness (QED) is 0.784. The molecule has 2 nitrogen and oxygen atoms in total. The van der Waals surface area contributed by atoms with Crippen LogP contribution in [0, 0.1) is 12.8 Å². The van der Waals surface area contributed by atoms with Gasteiger partial charge >= 0.3 is 0 Å². The number of hydrogen-bond acceptors (Lipinski definition) is 2. The second kappa shape index (κ2) is 6.87. The molecule has 1 N–H and O–H groups in total. The lowest BCUT2D eigenvalue weighted by molar-refractivity contribution is 0.295. The van der Waals surface area contributed by atoms with Crippen LogP contribution in [0.25, 0.3) is 0 Å². The molecule has 0 spiro atoms. The van der Waals surface area contributed by atoms with E-state index >= 15 is 0 Å². The van der Waals surface area contributed by atoms with Crippen LogP contribution in [-0.4, -0.2) is 19.2 Å². The van der Waals surface area contributed by atoms with Crippen LogP contribution in [0.3, 0.4) is 0 Å². The highest BCUT2D eigenvalue weighted by atomic mass is 35.5. The molecule has 0 bridgehead atoms. The first-order valence-electron chi connectivity index (χ1n) is 6.13. The Balaban J connectivity index is 2.31. The van der Waals surface area contributed by atoms with Crippen molar-refractivity contribution in [2.24, 2.45) is 5.92 Å². The van der Waals surface area contributed by atoms with Crippen LogP contribution in [0.2, 0.25) is 5.02 Å². The Morgan fingerprint density at radius 2 is 2.00 bits per heavy atom. The first-order chi connectivity index (χ1) is 8.00. The van der Waals surface area contributed by atoms with Gasteiger partial charge in [-0.25, -0.2) is 0 Å². The van der Waals surface area contributed by atoms with Gasteiger partial charge in [-0.05, 0) is 43.5 Å². The van der Waals surface area contributed by atoms with Gasteiger partial charge in [0.2, 0.25) is 0 Å². The minimum absolute atomic E-state index is 0.518. The summed E-state index contributed by atoms with van der Waals surface area (Å²) in [5.41, 5.74) is 1.08. The van der Waals surface area contributed by atoms with Crippen molar-refractivity contribution in [2.75, 3.05) is 13.2 Å². The summed E-state index contributed by atoms with van der Waals surface area (Å²) < 4.78 is 5.70. The van der Waals surface area contributed by atoms with E-state index in [4.69, 9.17) is 16.3 Å². The molecule has 0 aliphatic carbocycles. The summed E-state index contributed by atoms with van der Waals surface area (Å²) in [6.45, 7) is 10.2. The molecule has 1 aromatic carbocycles. The molecular formula is C14H22ClNO. The van der Waals surface area contributed by atoms with Crippen LogP contribution in [0.15, 0.2) is 18.2 Å². The fourth-order valence-corrected chi connectivity index (χ4v) is 1.68. The summed E-state index contributed by atoms with van der Waals surface area (Å²) in [5.74, 6) is 1.56. The molecule has 0 amide bonds. The molecule has 1 atom stereocenters. The predicted molar refractivity (Wildman–Crippen MR) is 74.0 cm³/mol. The minimum Gasteiger partial charge on any atom is -0.492 e. The Morgan fingerprint density at radius 3 is 2.59 bits per heavy atom. The summed E-state index contributed by atoms with van der Waals surface area (Å²) in [6, 6.07) is 6.21. The Bertz CT molecular complexity index is 352. The highest BCUT2D eigenvalue weighted by molar-refractivity contribution is 6.30. The van der Waals surface area contributed by atoms with E-state index in [1.807, 2.05) is 25.1 Å². The first kappa shape index (κ1) is 14.3. The standard InChI is InChI=1S/C14H22ClNO/c1-10(2)12(4)16-7-8-17-14-6-5-13(15)9-11(14)3/h5-6,9-10,12,16H,7-8H2,1-4H3. The molecule has 0 heterocycles. The van der Waals surface area contributed by atoms with Crippen molar-refractivity contribution >= 4 is 11.6 Å². The van der Waals surface area contributed by atoms with Gasteiger partial charge in [-0.1, -0.05) is 25.4 Å². The molecule has 3 heteroatoms. The van der Waals surface area contributed by atoms with Crippen molar-refractivity contribution in [1.82, 2.24) is 5.32 Å². The summed E-state index contributed by atoms with van der Waals surface area (Å²) in [5, 5.41) is 4.18. The smallest absolute Gasteiger partial charge is 0.122 e. The molecule has 0 aliphatic heterocycles. The Labute approximate surface area is 109 Å². The Hall–Kier alpha value is -0.730. The predicted octanol–water partition coefficient (Wildman–Crippen LogP) is 3.66. The summed E-state index contributed by atoms with van der Waals surface area (Å²) in [7, 11) is 0. The number of rotatable bonds is 6. The molecular weight excluding hydrogens is 234 g/mol. The Kier molecular flexibility index (Phi) is 5.79. The van der Waals surface area contributed by atoms with Crippen molar-refractivity contribution < 1.29 is 4.74 Å². The third kappa shape index (κ3) is 4.97. The van der Waals surface area contributed by atoms with E-state index in [9.17, 15) is 0 Å². The number of halogens is 1. The SMILES string of the molecule is Cc1cc(Cl)ccc1OCCNC(C)C(C)C. The zero-order valence-corrected chi connectivity index (χ0v) is 11.8. The topological polar surface area (TPSA) is 21.3 Å². The number of ether oxygens (including phenoxy) is 1. The summed E-state index contributed by atoms with van der Waals surface area (Å²) >= 11 is 5.89. The van der Waals surface area contributed by atoms with Gasteiger partial charge in [0.05, 0.1) is 0 Å². The van der Waals surface area contributed by atoms with E-state index in [2.05, 4.69) is 26.1 Å². The van der Waals surface area contributed by atoms with Gasteiger partial charge in [0.1, 0.15) is 12.4 Å². The second-order valence-corrected chi connectivity index (χ2v) is 5.18. The van der Waals surface area contributed by atoms with Crippen LogP contribution < -0.4 is 10.1 Å². The maximum absolute atomic E-state index is 5.89. The van der Waals surface area contributed by atoms with Gasteiger partial charge in [-0.3, -0.25) is 0 Å². The molecule has 17 heavy (non-hydrogen) atoms. The van der Waals surface area contributed by atoms with E-state index in [1.54, 1.807) is 0 Å². The molecule has 0 saturated carbocycles. The number of hydrogen-bond donors (Lipinski definition) is 1. The van der Waals surface area contributed by atoms with Crippen molar-refractivity contribution in [3.8, 4) is 5.75 Å². The average Bonchev–Trinajstić information content (AvgIpc) is 2.26. The van der Waals surface area contributed by atoms with Gasteiger partial charge in [0, 0.05) is 17.6 Å². The normalized spacial score (nSPS) is 12.8. The van der Waals surface area contributed by atoms with E-state index < -0.39 is 0 Å². The molecule has 0 saturated heterocycles. The van der Waals surface area contributed by atoms with Gasteiger partial charge in [-0.2, -0.15) is 0 Å². The fourth-order valence-electron chi connectivity index (χ4n) is 1.46. The molecule has 0 aromatic heterocycles. The van der Waals surface area contributed by atoms with Gasteiger partial charge in [-0.15, -0.1) is 0 Å². The van der Waals surface area contributed by atoms with E-state index in [1.165, 1.54) is 0 Å². The van der Waals surface area contributed by atoms with Crippen LogP contribution >= 0.6 is 11.6 Å². The lowest BCUT2D eigenvalue weighted by atomic mass is 10.1. The third-order valence-corrected chi connectivity index (χ3v) is 3.20. The fraction of sp³-hybridized carbons (Fsp3) is 0.571. The van der Waals surface area contributed by atoms with Crippen LogP contribution in [0.1, 0.15) is 26.3 Å². The number of nitrogens with one attached hydrogen (secondary N) is 1. The number of benzene rings is 1. The largest absolute Gasteiger partial charge is 0.492 e. The molecule has 1 aromatic rings. The number of aryl methyl sites for hydroxylation is 1. The molecule has 96 valence electrons. The van der Waals surface area contributed by atoms with Crippen molar-refractivity contribution in [3.63, 3.8) is 0 Å². The molecule has 1 unspecified atom stereocenters. The maximum Gasteiger partial charge on any atom is 0.122 e. The summed E-state index contributed by atoms with van der Waals surface area (Å²) in [4.78, 5) is 0. The van der Waals surface area contributed by atoms with E-state index in [0.717, 1.165) is 22.9 Å². The Morgan fingerprint density at radius 1 is 1.29 bits per heavy atom. The van der Waals surface area contributed by atoms with Gasteiger partial charge in [0.15, 0.2) is 0 Å². The lowest BCUT2D eigenvalue weighted by Gasteiger charge is -2.17. The van der Waals surface area contributed by atoms with Crippen LogP contribution in [0.4, 0.5) is 0 Å². The highest BCUT2D eigenvalue weighted by Crippen LogP contribution is 2.21. The van der Waals surface area contributed by atoms with Crippen molar-refractivity contribution in [2.45, 2.75) is 33.7 Å².